The minimum Gasteiger partial charge on any atom is -0.339 e. The van der Waals surface area contributed by atoms with Gasteiger partial charge in [-0.25, -0.2) is 0 Å². The van der Waals surface area contributed by atoms with Crippen molar-refractivity contribution in [3.05, 3.63) is 12.7 Å². The lowest BCUT2D eigenvalue weighted by atomic mass is 10.4. The summed E-state index contributed by atoms with van der Waals surface area (Å²) in [7, 11) is 0. The van der Waals surface area contributed by atoms with Crippen LogP contribution in [-0.4, -0.2) is 23.9 Å². The van der Waals surface area contributed by atoms with Gasteiger partial charge in [0.25, 0.3) is 0 Å². The Morgan fingerprint density at radius 2 is 2.10 bits per heavy atom. The summed E-state index contributed by atoms with van der Waals surface area (Å²) in [6.07, 6.45) is 2.76. The Bertz CT molecular complexity index is 178. The molecule has 1 aliphatic carbocycles. The van der Waals surface area contributed by atoms with Crippen LogP contribution in [0.4, 0.5) is 0 Å². The van der Waals surface area contributed by atoms with E-state index in [1.807, 2.05) is 4.90 Å². The van der Waals surface area contributed by atoms with E-state index in [9.17, 15) is 4.79 Å². The van der Waals surface area contributed by atoms with Gasteiger partial charge in [0.2, 0.25) is 5.91 Å². The zero-order valence-electron chi connectivity index (χ0n) is 5.92. The van der Waals surface area contributed by atoms with Gasteiger partial charge in [-0.15, -0.1) is 0 Å². The van der Waals surface area contributed by atoms with Crippen molar-refractivity contribution in [2.24, 2.45) is 11.8 Å². The molecule has 0 bridgehead atoms. The first kappa shape index (κ1) is 5.96. The molecule has 10 heavy (non-hydrogen) atoms. The number of carbonyl (C=O) groups is 1. The van der Waals surface area contributed by atoms with Gasteiger partial charge in [-0.05, 0) is 24.3 Å². The van der Waals surface area contributed by atoms with Crippen molar-refractivity contribution in [2.75, 3.05) is 13.1 Å². The molecule has 0 aromatic rings. The largest absolute Gasteiger partial charge is 0.339 e. The average Bonchev–Trinajstić information content (AvgIpc) is 2.57. The molecule has 2 fully saturated rings. The summed E-state index contributed by atoms with van der Waals surface area (Å²) in [6.45, 7) is 5.42. The minimum atomic E-state index is 0.104. The molecule has 1 saturated heterocycles. The van der Waals surface area contributed by atoms with Gasteiger partial charge >= 0.3 is 0 Å². The van der Waals surface area contributed by atoms with Gasteiger partial charge in [0.1, 0.15) is 0 Å². The molecule has 2 heteroatoms. The molecular weight excluding hydrogens is 126 g/mol. The minimum absolute atomic E-state index is 0.104. The van der Waals surface area contributed by atoms with Crippen molar-refractivity contribution in [3.8, 4) is 0 Å². The number of nitrogens with zero attached hydrogens (tertiary/aromatic N) is 1. The fourth-order valence-corrected chi connectivity index (χ4v) is 1.71. The predicted octanol–water partition coefficient (Wildman–Crippen LogP) is 0.651. The van der Waals surface area contributed by atoms with Crippen molar-refractivity contribution >= 4 is 5.91 Å². The van der Waals surface area contributed by atoms with E-state index in [-0.39, 0.29) is 5.91 Å². The van der Waals surface area contributed by atoms with Crippen LogP contribution in [0, 0.1) is 11.8 Å². The second-order valence-corrected chi connectivity index (χ2v) is 3.20. The molecule has 2 nitrogen and oxygen atoms in total. The van der Waals surface area contributed by atoms with Crippen molar-refractivity contribution in [1.29, 1.82) is 0 Å². The van der Waals surface area contributed by atoms with Crippen molar-refractivity contribution < 1.29 is 4.79 Å². The standard InChI is InChI=1S/C8H11NO/c1-2-8(10)9-4-6-3-7(6)5-9/h2,6-7H,1,3-5H2/t6-,7?/m1/s1. The zero-order chi connectivity index (χ0) is 7.14. The highest BCUT2D eigenvalue weighted by Gasteiger charge is 2.45. The average molecular weight is 137 g/mol. The lowest BCUT2D eigenvalue weighted by Crippen LogP contribution is -2.28. The van der Waals surface area contributed by atoms with Gasteiger partial charge < -0.3 is 4.90 Å². The van der Waals surface area contributed by atoms with Crippen LogP contribution in [-0.2, 0) is 4.79 Å². The first-order valence-electron chi connectivity index (χ1n) is 3.72. The molecule has 1 heterocycles. The Kier molecular flexibility index (Phi) is 1.10. The maximum Gasteiger partial charge on any atom is 0.245 e. The summed E-state index contributed by atoms with van der Waals surface area (Å²) >= 11 is 0. The highest BCUT2D eigenvalue weighted by molar-refractivity contribution is 5.87. The Morgan fingerprint density at radius 1 is 1.50 bits per heavy atom. The number of hydrogen-bond donors (Lipinski definition) is 0. The van der Waals surface area contributed by atoms with E-state index in [4.69, 9.17) is 0 Å². The summed E-state index contributed by atoms with van der Waals surface area (Å²) in [4.78, 5) is 12.9. The fourth-order valence-electron chi connectivity index (χ4n) is 1.71. The first-order chi connectivity index (χ1) is 4.81. The maximum absolute atomic E-state index is 11.0. The van der Waals surface area contributed by atoms with Crippen LogP contribution in [0.3, 0.4) is 0 Å². The molecule has 0 N–H and O–H groups in total. The van der Waals surface area contributed by atoms with Crippen molar-refractivity contribution in [3.63, 3.8) is 0 Å². The number of amides is 1. The van der Waals surface area contributed by atoms with Crippen LogP contribution >= 0.6 is 0 Å². The molecular formula is C8H11NO. The number of likely N-dealkylation sites (tertiary alicyclic amines) is 1. The number of hydrogen-bond acceptors (Lipinski definition) is 1. The second-order valence-electron chi connectivity index (χ2n) is 3.20. The van der Waals surface area contributed by atoms with Gasteiger partial charge in [-0.2, -0.15) is 0 Å². The SMILES string of the molecule is C=CC(=O)N1CC2C[C@@H]2C1. The summed E-state index contributed by atoms with van der Waals surface area (Å²) < 4.78 is 0. The van der Waals surface area contributed by atoms with Crippen LogP contribution in [0.5, 0.6) is 0 Å². The third kappa shape index (κ3) is 0.753. The van der Waals surface area contributed by atoms with E-state index in [0.717, 1.165) is 24.9 Å². The number of rotatable bonds is 1. The number of fused-ring (bicyclic) bond motifs is 1. The summed E-state index contributed by atoms with van der Waals surface area (Å²) in [6, 6.07) is 0. The van der Waals surface area contributed by atoms with Gasteiger partial charge in [-0.3, -0.25) is 4.79 Å². The van der Waals surface area contributed by atoms with Crippen LogP contribution in [0.2, 0.25) is 0 Å². The smallest absolute Gasteiger partial charge is 0.245 e. The van der Waals surface area contributed by atoms with Crippen molar-refractivity contribution in [2.45, 2.75) is 6.42 Å². The van der Waals surface area contributed by atoms with Crippen molar-refractivity contribution in [1.82, 2.24) is 4.90 Å². The molecule has 1 saturated carbocycles. The van der Waals surface area contributed by atoms with Crippen LogP contribution in [0.15, 0.2) is 12.7 Å². The van der Waals surface area contributed by atoms with E-state index in [2.05, 4.69) is 6.58 Å². The molecule has 1 unspecified atom stereocenters. The number of piperidine rings is 1. The summed E-state index contributed by atoms with van der Waals surface area (Å²) in [5, 5.41) is 0. The lowest BCUT2D eigenvalue weighted by molar-refractivity contribution is -0.125. The molecule has 2 rings (SSSR count). The van der Waals surface area contributed by atoms with E-state index < -0.39 is 0 Å². The van der Waals surface area contributed by atoms with E-state index >= 15 is 0 Å². The van der Waals surface area contributed by atoms with Crippen LogP contribution < -0.4 is 0 Å². The molecule has 2 atom stereocenters. The third-order valence-corrected chi connectivity index (χ3v) is 2.47. The molecule has 2 aliphatic rings. The van der Waals surface area contributed by atoms with Crippen LogP contribution in [0.1, 0.15) is 6.42 Å². The highest BCUT2D eigenvalue weighted by atomic mass is 16.2. The molecule has 0 aromatic heterocycles. The third-order valence-electron chi connectivity index (χ3n) is 2.47. The van der Waals surface area contributed by atoms with E-state index in [1.54, 1.807) is 0 Å². The Hall–Kier alpha value is -0.790. The Morgan fingerprint density at radius 3 is 2.60 bits per heavy atom. The van der Waals surface area contributed by atoms with Gasteiger partial charge in [0.05, 0.1) is 0 Å². The normalized spacial score (nSPS) is 35.4. The molecule has 1 amide bonds. The van der Waals surface area contributed by atoms with Gasteiger partial charge in [-0.1, -0.05) is 6.58 Å². The topological polar surface area (TPSA) is 20.3 Å². The molecule has 1 aliphatic heterocycles. The molecule has 0 spiro atoms. The number of carbonyl (C=O) groups excluding carboxylic acids is 1. The zero-order valence-corrected chi connectivity index (χ0v) is 5.92. The Balaban J connectivity index is 1.96. The second kappa shape index (κ2) is 1.84. The fraction of sp³-hybridized carbons (Fsp3) is 0.625. The van der Waals surface area contributed by atoms with Crippen LogP contribution in [0.25, 0.3) is 0 Å². The quantitative estimate of drug-likeness (QED) is 0.486. The van der Waals surface area contributed by atoms with E-state index in [1.165, 1.54) is 12.5 Å². The molecule has 54 valence electrons. The maximum atomic E-state index is 11.0. The highest BCUT2D eigenvalue weighted by Crippen LogP contribution is 2.44. The lowest BCUT2D eigenvalue weighted by Gasteiger charge is -2.14. The molecule has 0 aromatic carbocycles. The molecule has 0 radical (unpaired) electrons. The van der Waals surface area contributed by atoms with E-state index in [0.29, 0.717) is 0 Å². The summed E-state index contributed by atoms with van der Waals surface area (Å²) in [5.74, 6) is 1.78. The van der Waals surface area contributed by atoms with Gasteiger partial charge in [0.15, 0.2) is 0 Å². The van der Waals surface area contributed by atoms with Gasteiger partial charge in [0, 0.05) is 13.1 Å². The first-order valence-corrected chi connectivity index (χ1v) is 3.72. The summed E-state index contributed by atoms with van der Waals surface area (Å²) in [5.41, 5.74) is 0. The monoisotopic (exact) mass is 137 g/mol. The predicted molar refractivity (Wildman–Crippen MR) is 38.4 cm³/mol. The Labute approximate surface area is 60.5 Å².